The Morgan fingerprint density at radius 3 is 2.37 bits per heavy atom. The molecule has 1 saturated heterocycles. The van der Waals surface area contributed by atoms with Gasteiger partial charge in [-0.1, -0.05) is 40.2 Å². The number of piperidine rings is 1. The van der Waals surface area contributed by atoms with Crippen LogP contribution < -0.4 is 10.1 Å². The van der Waals surface area contributed by atoms with Crippen LogP contribution in [0.2, 0.25) is 0 Å². The second-order valence-corrected chi connectivity index (χ2v) is 8.60. The fourth-order valence-electron chi connectivity index (χ4n) is 3.60. The number of anilines is 1. The number of carbonyl (C=O) groups is 1. The van der Waals surface area contributed by atoms with Crippen LogP contribution in [0.25, 0.3) is 11.1 Å². The molecular formula is C25H25BrN2O2. The van der Waals surface area contributed by atoms with Gasteiger partial charge in [0.25, 0.3) is 5.91 Å². The third-order valence-corrected chi connectivity index (χ3v) is 5.91. The number of ether oxygens (including phenoxy) is 1. The number of likely N-dealkylation sites (tertiary alicyclic amines) is 1. The molecule has 0 aliphatic carbocycles. The van der Waals surface area contributed by atoms with E-state index in [0.29, 0.717) is 11.7 Å². The van der Waals surface area contributed by atoms with Gasteiger partial charge in [-0.25, -0.2) is 0 Å². The van der Waals surface area contributed by atoms with E-state index in [0.717, 1.165) is 53.0 Å². The summed E-state index contributed by atoms with van der Waals surface area (Å²) in [7, 11) is 2.15. The highest BCUT2D eigenvalue weighted by atomic mass is 79.9. The second-order valence-electron chi connectivity index (χ2n) is 7.69. The molecule has 154 valence electrons. The molecule has 0 radical (unpaired) electrons. The van der Waals surface area contributed by atoms with Crippen molar-refractivity contribution in [2.45, 2.75) is 18.9 Å². The van der Waals surface area contributed by atoms with E-state index in [2.05, 4.69) is 45.3 Å². The highest BCUT2D eigenvalue weighted by molar-refractivity contribution is 9.10. The largest absolute Gasteiger partial charge is 0.490 e. The Bertz CT molecular complexity index is 994. The normalized spacial score (nSPS) is 15.0. The van der Waals surface area contributed by atoms with Crippen LogP contribution in [-0.2, 0) is 0 Å². The maximum atomic E-state index is 12.5. The first-order valence-corrected chi connectivity index (χ1v) is 11.0. The third kappa shape index (κ3) is 5.29. The third-order valence-electron chi connectivity index (χ3n) is 5.38. The molecule has 4 nitrogen and oxygen atoms in total. The number of rotatable bonds is 5. The van der Waals surface area contributed by atoms with Crippen molar-refractivity contribution in [3.8, 4) is 16.9 Å². The zero-order valence-electron chi connectivity index (χ0n) is 17.0. The molecule has 5 heteroatoms. The van der Waals surface area contributed by atoms with Crippen molar-refractivity contribution in [2.24, 2.45) is 0 Å². The minimum atomic E-state index is -0.124. The number of halogens is 1. The molecule has 3 aromatic rings. The van der Waals surface area contributed by atoms with Crippen molar-refractivity contribution in [1.82, 2.24) is 4.90 Å². The van der Waals surface area contributed by atoms with Gasteiger partial charge in [-0.2, -0.15) is 0 Å². The topological polar surface area (TPSA) is 41.6 Å². The first kappa shape index (κ1) is 20.6. The lowest BCUT2D eigenvalue weighted by Crippen LogP contribution is -2.35. The van der Waals surface area contributed by atoms with E-state index in [-0.39, 0.29) is 5.91 Å². The van der Waals surface area contributed by atoms with E-state index < -0.39 is 0 Å². The average Bonchev–Trinajstić information content (AvgIpc) is 2.76. The molecule has 1 N–H and O–H groups in total. The van der Waals surface area contributed by atoms with Crippen LogP contribution in [0.15, 0.2) is 77.3 Å². The Morgan fingerprint density at radius 1 is 0.967 bits per heavy atom. The van der Waals surface area contributed by atoms with Crippen LogP contribution in [0.3, 0.4) is 0 Å². The van der Waals surface area contributed by atoms with Gasteiger partial charge < -0.3 is 15.0 Å². The summed E-state index contributed by atoms with van der Waals surface area (Å²) in [5.41, 5.74) is 3.53. The van der Waals surface area contributed by atoms with Crippen molar-refractivity contribution in [3.63, 3.8) is 0 Å². The molecule has 0 bridgehead atoms. The molecular weight excluding hydrogens is 440 g/mol. The maximum absolute atomic E-state index is 12.5. The summed E-state index contributed by atoms with van der Waals surface area (Å²) in [5, 5.41) is 2.97. The van der Waals surface area contributed by atoms with Gasteiger partial charge in [-0.15, -0.1) is 0 Å². The van der Waals surface area contributed by atoms with Gasteiger partial charge in [0.1, 0.15) is 11.9 Å². The van der Waals surface area contributed by atoms with Crippen LogP contribution >= 0.6 is 15.9 Å². The van der Waals surface area contributed by atoms with Crippen LogP contribution in [0.4, 0.5) is 5.69 Å². The molecule has 3 aromatic carbocycles. The average molecular weight is 465 g/mol. The van der Waals surface area contributed by atoms with Gasteiger partial charge in [0, 0.05) is 28.8 Å². The fraction of sp³-hybridized carbons (Fsp3) is 0.240. The minimum absolute atomic E-state index is 0.124. The standard InChI is InChI=1S/C25H25BrN2O2/c1-28-15-13-24(14-16-28)30-23-11-7-18(8-12-23)20-3-2-4-22(17-20)27-25(29)19-5-9-21(26)10-6-19/h2-12,17,24H,13-16H2,1H3,(H,27,29). The van der Waals surface area contributed by atoms with Crippen LogP contribution in [0.5, 0.6) is 5.75 Å². The Kier molecular flexibility index (Phi) is 6.50. The lowest BCUT2D eigenvalue weighted by Gasteiger charge is -2.29. The molecule has 1 heterocycles. The fourth-order valence-corrected chi connectivity index (χ4v) is 3.87. The van der Waals surface area contributed by atoms with E-state index in [9.17, 15) is 4.79 Å². The van der Waals surface area contributed by atoms with Gasteiger partial charge in [0.05, 0.1) is 0 Å². The number of amides is 1. The molecule has 1 aliphatic heterocycles. The zero-order valence-corrected chi connectivity index (χ0v) is 18.6. The van der Waals surface area contributed by atoms with E-state index in [1.165, 1.54) is 0 Å². The van der Waals surface area contributed by atoms with Crippen molar-refractivity contribution in [2.75, 3.05) is 25.5 Å². The number of carbonyl (C=O) groups excluding carboxylic acids is 1. The lowest BCUT2D eigenvalue weighted by molar-refractivity contribution is 0.102. The molecule has 0 spiro atoms. The van der Waals surface area contributed by atoms with Gasteiger partial charge >= 0.3 is 0 Å². The quantitative estimate of drug-likeness (QED) is 0.515. The monoisotopic (exact) mass is 464 g/mol. The molecule has 0 atom stereocenters. The molecule has 0 saturated carbocycles. The van der Waals surface area contributed by atoms with Crippen molar-refractivity contribution in [3.05, 3.63) is 82.8 Å². The second kappa shape index (κ2) is 9.45. The van der Waals surface area contributed by atoms with Crippen molar-refractivity contribution >= 4 is 27.5 Å². The Balaban J connectivity index is 1.41. The molecule has 1 fully saturated rings. The summed E-state index contributed by atoms with van der Waals surface area (Å²) in [5.74, 6) is 0.787. The number of hydrogen-bond donors (Lipinski definition) is 1. The molecule has 30 heavy (non-hydrogen) atoms. The number of benzene rings is 3. The van der Waals surface area contributed by atoms with E-state index >= 15 is 0 Å². The predicted octanol–water partition coefficient (Wildman–Crippen LogP) is 5.84. The first-order valence-electron chi connectivity index (χ1n) is 10.2. The van der Waals surface area contributed by atoms with Crippen LogP contribution in [-0.4, -0.2) is 37.0 Å². The molecule has 0 unspecified atom stereocenters. The molecule has 1 amide bonds. The number of nitrogens with one attached hydrogen (secondary N) is 1. The molecule has 0 aromatic heterocycles. The Hall–Kier alpha value is -2.63. The summed E-state index contributed by atoms with van der Waals surface area (Å²) in [6.07, 6.45) is 2.43. The summed E-state index contributed by atoms with van der Waals surface area (Å²) >= 11 is 3.39. The van der Waals surface area contributed by atoms with E-state index in [4.69, 9.17) is 4.74 Å². The van der Waals surface area contributed by atoms with E-state index in [1.807, 2.05) is 48.5 Å². The highest BCUT2D eigenvalue weighted by Crippen LogP contribution is 2.26. The van der Waals surface area contributed by atoms with Gasteiger partial charge in [-0.05, 0) is 79.5 Å². The first-order chi connectivity index (χ1) is 14.6. The Morgan fingerprint density at radius 2 is 1.67 bits per heavy atom. The van der Waals surface area contributed by atoms with Crippen LogP contribution in [0, 0.1) is 0 Å². The van der Waals surface area contributed by atoms with Gasteiger partial charge in [-0.3, -0.25) is 4.79 Å². The minimum Gasteiger partial charge on any atom is -0.490 e. The zero-order chi connectivity index (χ0) is 20.9. The number of hydrogen-bond acceptors (Lipinski definition) is 3. The van der Waals surface area contributed by atoms with Gasteiger partial charge in [0.2, 0.25) is 0 Å². The summed E-state index contributed by atoms with van der Waals surface area (Å²) in [4.78, 5) is 14.8. The lowest BCUT2D eigenvalue weighted by atomic mass is 10.0. The summed E-state index contributed by atoms with van der Waals surface area (Å²) in [6, 6.07) is 23.4. The van der Waals surface area contributed by atoms with Crippen LogP contribution in [0.1, 0.15) is 23.2 Å². The molecule has 1 aliphatic rings. The number of nitrogens with zero attached hydrogens (tertiary/aromatic N) is 1. The summed E-state index contributed by atoms with van der Waals surface area (Å²) < 4.78 is 7.09. The van der Waals surface area contributed by atoms with Gasteiger partial charge in [0.15, 0.2) is 0 Å². The predicted molar refractivity (Wildman–Crippen MR) is 125 cm³/mol. The smallest absolute Gasteiger partial charge is 0.255 e. The van der Waals surface area contributed by atoms with Crippen molar-refractivity contribution in [1.29, 1.82) is 0 Å². The van der Waals surface area contributed by atoms with Crippen molar-refractivity contribution < 1.29 is 9.53 Å². The SMILES string of the molecule is CN1CCC(Oc2ccc(-c3cccc(NC(=O)c4ccc(Br)cc4)c3)cc2)CC1. The molecule has 4 rings (SSSR count). The Labute approximate surface area is 186 Å². The maximum Gasteiger partial charge on any atom is 0.255 e. The van der Waals surface area contributed by atoms with E-state index in [1.54, 1.807) is 12.1 Å². The highest BCUT2D eigenvalue weighted by Gasteiger charge is 2.18. The summed E-state index contributed by atoms with van der Waals surface area (Å²) in [6.45, 7) is 2.17.